The van der Waals surface area contributed by atoms with Crippen LogP contribution in [0.2, 0.25) is 0 Å². The van der Waals surface area contributed by atoms with Gasteiger partial charge in [-0.25, -0.2) is 9.97 Å². The van der Waals surface area contributed by atoms with Crippen LogP contribution in [-0.2, 0) is 4.65 Å². The number of aliphatic hydroxyl groups is 1. The zero-order valence-corrected chi connectivity index (χ0v) is 13.0. The van der Waals surface area contributed by atoms with Crippen LogP contribution >= 0.6 is 0 Å². The molecule has 112 valence electrons. The predicted octanol–water partition coefficient (Wildman–Crippen LogP) is 0.436. The monoisotopic (exact) mass is 281 g/mol. The van der Waals surface area contributed by atoms with E-state index in [1.807, 2.05) is 13.8 Å². The molecule has 6 nitrogen and oxygen atoms in total. The highest BCUT2D eigenvalue weighted by Crippen LogP contribution is 2.25. The number of nitrogens with zero attached hydrogens (tertiary/aromatic N) is 2. The van der Waals surface area contributed by atoms with E-state index in [1.54, 1.807) is 27.7 Å². The van der Waals surface area contributed by atoms with Crippen molar-refractivity contribution in [1.29, 1.82) is 0 Å². The van der Waals surface area contributed by atoms with Crippen molar-refractivity contribution in [2.45, 2.75) is 58.7 Å². The summed E-state index contributed by atoms with van der Waals surface area (Å²) in [6.45, 7) is 10.6. The van der Waals surface area contributed by atoms with Gasteiger partial charge in [0, 0.05) is 17.4 Å². The molecule has 0 aliphatic rings. The van der Waals surface area contributed by atoms with E-state index in [-0.39, 0.29) is 11.9 Å². The normalized spacial score (nSPS) is 12.8. The highest BCUT2D eigenvalue weighted by molar-refractivity contribution is 6.60. The van der Waals surface area contributed by atoms with Crippen molar-refractivity contribution >= 4 is 18.5 Å². The molecule has 7 heteroatoms. The van der Waals surface area contributed by atoms with Crippen molar-refractivity contribution in [2.24, 2.45) is 0 Å². The van der Waals surface area contributed by atoms with Crippen LogP contribution in [0.5, 0.6) is 0 Å². The lowest BCUT2D eigenvalue weighted by molar-refractivity contribution is -0.0983. The minimum Gasteiger partial charge on any atom is -0.423 e. The van der Waals surface area contributed by atoms with Crippen molar-refractivity contribution < 1.29 is 14.8 Å². The third kappa shape index (κ3) is 3.68. The van der Waals surface area contributed by atoms with E-state index in [0.29, 0.717) is 11.2 Å². The van der Waals surface area contributed by atoms with Gasteiger partial charge in [-0.05, 0) is 33.6 Å². The molecule has 0 aliphatic carbocycles. The minimum atomic E-state index is -1.23. The Morgan fingerprint density at radius 1 is 1.30 bits per heavy atom. The van der Waals surface area contributed by atoms with Gasteiger partial charge in [0.2, 0.25) is 5.95 Å². The van der Waals surface area contributed by atoms with Crippen molar-refractivity contribution in [3.63, 3.8) is 0 Å². The van der Waals surface area contributed by atoms with Gasteiger partial charge < -0.3 is 20.5 Å². The van der Waals surface area contributed by atoms with Gasteiger partial charge in [0.05, 0.1) is 11.2 Å². The lowest BCUT2D eigenvalue weighted by atomic mass is 9.74. The first-order valence-corrected chi connectivity index (χ1v) is 6.66. The molecule has 0 bridgehead atoms. The Labute approximate surface area is 120 Å². The Bertz CT molecular complexity index is 472. The number of nitrogen functional groups attached to an aromatic ring is 1. The quantitative estimate of drug-likeness (QED) is 0.677. The molecule has 0 unspecified atom stereocenters. The summed E-state index contributed by atoms with van der Waals surface area (Å²) in [5, 5.41) is 20.4. The van der Waals surface area contributed by atoms with Crippen molar-refractivity contribution in [2.75, 3.05) is 5.73 Å². The van der Waals surface area contributed by atoms with E-state index in [0.717, 1.165) is 0 Å². The molecule has 20 heavy (non-hydrogen) atoms. The first-order chi connectivity index (χ1) is 8.95. The second-order valence-corrected chi connectivity index (χ2v) is 6.26. The molecule has 0 aromatic carbocycles. The van der Waals surface area contributed by atoms with Crippen LogP contribution in [0.3, 0.4) is 0 Å². The largest absolute Gasteiger partial charge is 0.495 e. The van der Waals surface area contributed by atoms with Crippen LogP contribution in [-0.4, -0.2) is 38.4 Å². The average Bonchev–Trinajstić information content (AvgIpc) is 2.26. The maximum Gasteiger partial charge on any atom is 0.495 e. The summed E-state index contributed by atoms with van der Waals surface area (Å²) in [7, 11) is -1.23. The number of hydrogen-bond acceptors (Lipinski definition) is 6. The molecule has 0 saturated carbocycles. The number of anilines is 1. The van der Waals surface area contributed by atoms with Crippen LogP contribution < -0.4 is 11.2 Å². The second kappa shape index (κ2) is 5.67. The standard InChI is InChI=1S/C13H24BN3O3/c1-8(2)10-9(7-16-11(15)17-10)14(19)20-13(5,6)12(3,4)18/h7-8,18-19H,1-6H3,(H2,15,16,17). The molecule has 1 heterocycles. The zero-order chi connectivity index (χ0) is 15.7. The van der Waals surface area contributed by atoms with Crippen molar-refractivity contribution in [1.82, 2.24) is 9.97 Å². The minimum absolute atomic E-state index is 0.0683. The Morgan fingerprint density at radius 2 is 1.85 bits per heavy atom. The molecule has 1 rings (SSSR count). The molecule has 0 saturated heterocycles. The summed E-state index contributed by atoms with van der Waals surface area (Å²) >= 11 is 0. The fourth-order valence-electron chi connectivity index (χ4n) is 1.56. The predicted molar refractivity (Wildman–Crippen MR) is 79.6 cm³/mol. The fourth-order valence-corrected chi connectivity index (χ4v) is 1.56. The number of aromatic nitrogens is 2. The summed E-state index contributed by atoms with van der Waals surface area (Å²) in [5.41, 5.74) is 4.62. The molecule has 0 fully saturated rings. The maximum atomic E-state index is 10.3. The molecule has 1 aromatic heterocycles. The van der Waals surface area contributed by atoms with Crippen LogP contribution in [0.4, 0.5) is 5.95 Å². The maximum absolute atomic E-state index is 10.3. The molecule has 4 N–H and O–H groups in total. The number of hydrogen-bond donors (Lipinski definition) is 3. The summed E-state index contributed by atoms with van der Waals surface area (Å²) in [6, 6.07) is 0. The molecular formula is C13H24BN3O3. The zero-order valence-electron chi connectivity index (χ0n) is 13.0. The molecular weight excluding hydrogens is 257 g/mol. The average molecular weight is 281 g/mol. The highest BCUT2D eigenvalue weighted by atomic mass is 16.5. The topological polar surface area (TPSA) is 101 Å². The number of rotatable bonds is 5. The van der Waals surface area contributed by atoms with Crippen LogP contribution in [0.15, 0.2) is 6.20 Å². The summed E-state index contributed by atoms with van der Waals surface area (Å²) in [4.78, 5) is 8.05. The van der Waals surface area contributed by atoms with E-state index >= 15 is 0 Å². The Morgan fingerprint density at radius 3 is 2.30 bits per heavy atom. The third-order valence-electron chi connectivity index (χ3n) is 3.56. The van der Waals surface area contributed by atoms with E-state index in [2.05, 4.69) is 9.97 Å². The van der Waals surface area contributed by atoms with Crippen LogP contribution in [0, 0.1) is 0 Å². The molecule has 0 spiro atoms. The molecule has 0 radical (unpaired) electrons. The van der Waals surface area contributed by atoms with Gasteiger partial charge in [-0.2, -0.15) is 0 Å². The Hall–Kier alpha value is -1.18. The van der Waals surface area contributed by atoms with Crippen molar-refractivity contribution in [3.8, 4) is 0 Å². The second-order valence-electron chi connectivity index (χ2n) is 6.26. The lowest BCUT2D eigenvalue weighted by Gasteiger charge is -2.38. The third-order valence-corrected chi connectivity index (χ3v) is 3.56. The van der Waals surface area contributed by atoms with Gasteiger partial charge >= 0.3 is 7.12 Å². The van der Waals surface area contributed by atoms with Gasteiger partial charge in [-0.1, -0.05) is 13.8 Å². The van der Waals surface area contributed by atoms with Gasteiger partial charge in [0.1, 0.15) is 0 Å². The Balaban J connectivity index is 3.07. The summed E-state index contributed by atoms with van der Waals surface area (Å²) < 4.78 is 5.60. The number of nitrogens with two attached hydrogens (primary N) is 1. The highest BCUT2D eigenvalue weighted by Gasteiger charge is 2.40. The van der Waals surface area contributed by atoms with E-state index in [4.69, 9.17) is 10.4 Å². The summed E-state index contributed by atoms with van der Waals surface area (Å²) in [6.07, 6.45) is 1.46. The van der Waals surface area contributed by atoms with E-state index < -0.39 is 18.3 Å². The molecule has 0 amide bonds. The fraction of sp³-hybridized carbons (Fsp3) is 0.692. The lowest BCUT2D eigenvalue weighted by Crippen LogP contribution is -2.53. The van der Waals surface area contributed by atoms with Gasteiger partial charge in [-0.3, -0.25) is 0 Å². The van der Waals surface area contributed by atoms with E-state index in [1.165, 1.54) is 6.20 Å². The van der Waals surface area contributed by atoms with Crippen LogP contribution in [0.25, 0.3) is 0 Å². The van der Waals surface area contributed by atoms with Gasteiger partial charge in [-0.15, -0.1) is 0 Å². The SMILES string of the molecule is CC(C)c1nc(N)ncc1B(O)OC(C)(C)C(C)(C)O. The smallest absolute Gasteiger partial charge is 0.423 e. The van der Waals surface area contributed by atoms with Gasteiger partial charge in [0.25, 0.3) is 0 Å². The van der Waals surface area contributed by atoms with Crippen molar-refractivity contribution in [3.05, 3.63) is 11.9 Å². The molecule has 0 aliphatic heterocycles. The van der Waals surface area contributed by atoms with Gasteiger partial charge in [0.15, 0.2) is 0 Å². The molecule has 1 aromatic rings. The first kappa shape index (κ1) is 16.9. The van der Waals surface area contributed by atoms with E-state index in [9.17, 15) is 10.1 Å². The molecule has 0 atom stereocenters. The first-order valence-electron chi connectivity index (χ1n) is 6.66. The summed E-state index contributed by atoms with van der Waals surface area (Å²) in [5.74, 6) is 0.227. The Kier molecular flexibility index (Phi) is 4.79. The van der Waals surface area contributed by atoms with Crippen LogP contribution in [0.1, 0.15) is 53.2 Å².